The predicted octanol–water partition coefficient (Wildman–Crippen LogP) is 2.65. The van der Waals surface area contributed by atoms with E-state index in [1.165, 1.54) is 4.90 Å². The molecule has 8 heteroatoms. The fraction of sp³-hybridized carbons (Fsp3) is 0.176. The number of benzene rings is 1. The second-order valence-corrected chi connectivity index (χ2v) is 5.73. The van der Waals surface area contributed by atoms with Gasteiger partial charge in [-0.25, -0.2) is 8.78 Å². The van der Waals surface area contributed by atoms with E-state index in [1.54, 1.807) is 18.5 Å². The molecule has 1 amide bonds. The number of hydrogen-bond donors (Lipinski definition) is 0. The Labute approximate surface area is 141 Å². The van der Waals surface area contributed by atoms with E-state index in [9.17, 15) is 13.6 Å². The summed E-state index contributed by atoms with van der Waals surface area (Å²) in [4.78, 5) is 22.0. The highest BCUT2D eigenvalue weighted by Crippen LogP contribution is 2.29. The first-order chi connectivity index (χ1) is 12.1. The molecule has 1 fully saturated rings. The van der Waals surface area contributed by atoms with Crippen molar-refractivity contribution in [2.45, 2.75) is 5.92 Å². The number of amides is 1. The molecule has 0 spiro atoms. The Morgan fingerprint density at radius 1 is 1.24 bits per heavy atom. The summed E-state index contributed by atoms with van der Waals surface area (Å²) >= 11 is 0. The molecule has 0 saturated carbocycles. The van der Waals surface area contributed by atoms with Gasteiger partial charge in [0.1, 0.15) is 11.6 Å². The average molecular weight is 342 g/mol. The molecule has 1 aromatic carbocycles. The molecule has 0 N–H and O–H groups in total. The zero-order valence-corrected chi connectivity index (χ0v) is 12.9. The summed E-state index contributed by atoms with van der Waals surface area (Å²) in [5.74, 6) is -1.33. The van der Waals surface area contributed by atoms with Crippen molar-refractivity contribution >= 4 is 5.91 Å². The Morgan fingerprint density at radius 2 is 2.08 bits per heavy atom. The van der Waals surface area contributed by atoms with Gasteiger partial charge in [0.05, 0.1) is 11.5 Å². The van der Waals surface area contributed by atoms with Crippen LogP contribution in [0.1, 0.15) is 22.2 Å². The van der Waals surface area contributed by atoms with Crippen molar-refractivity contribution in [3.8, 4) is 11.4 Å². The smallest absolute Gasteiger partial charge is 0.256 e. The quantitative estimate of drug-likeness (QED) is 0.732. The highest BCUT2D eigenvalue weighted by molar-refractivity contribution is 5.95. The minimum Gasteiger partial charge on any atom is -0.339 e. The topological polar surface area (TPSA) is 72.1 Å². The molecule has 0 bridgehead atoms. The van der Waals surface area contributed by atoms with Crippen molar-refractivity contribution in [3.63, 3.8) is 0 Å². The van der Waals surface area contributed by atoms with E-state index in [2.05, 4.69) is 15.1 Å². The summed E-state index contributed by atoms with van der Waals surface area (Å²) in [6.45, 7) is 0.675. The lowest BCUT2D eigenvalue weighted by molar-refractivity contribution is 0.0564. The summed E-state index contributed by atoms with van der Waals surface area (Å²) in [6, 6.07) is 6.49. The number of carbonyl (C=O) groups excluding carboxylic acids is 1. The molecule has 0 atom stereocenters. The van der Waals surface area contributed by atoms with Crippen LogP contribution in [0.5, 0.6) is 0 Å². The largest absolute Gasteiger partial charge is 0.339 e. The fourth-order valence-electron chi connectivity index (χ4n) is 2.65. The molecule has 1 aliphatic rings. The van der Waals surface area contributed by atoms with Gasteiger partial charge in [-0.2, -0.15) is 4.98 Å². The van der Waals surface area contributed by atoms with E-state index in [0.717, 1.165) is 17.7 Å². The number of carbonyl (C=O) groups is 1. The van der Waals surface area contributed by atoms with Gasteiger partial charge in [-0.3, -0.25) is 9.78 Å². The number of halogens is 2. The Kier molecular flexibility index (Phi) is 3.72. The number of hydrogen-bond acceptors (Lipinski definition) is 5. The lowest BCUT2D eigenvalue weighted by atomic mass is 9.98. The van der Waals surface area contributed by atoms with Crippen LogP contribution in [0.4, 0.5) is 8.78 Å². The first-order valence-corrected chi connectivity index (χ1v) is 7.60. The van der Waals surface area contributed by atoms with Gasteiger partial charge < -0.3 is 9.42 Å². The van der Waals surface area contributed by atoms with Crippen LogP contribution < -0.4 is 0 Å². The number of pyridine rings is 1. The van der Waals surface area contributed by atoms with E-state index < -0.39 is 17.5 Å². The van der Waals surface area contributed by atoms with Crippen LogP contribution in [0, 0.1) is 11.6 Å². The van der Waals surface area contributed by atoms with Crippen molar-refractivity contribution in [3.05, 3.63) is 65.8 Å². The van der Waals surface area contributed by atoms with Gasteiger partial charge in [0, 0.05) is 37.1 Å². The minimum absolute atomic E-state index is 0.106. The van der Waals surface area contributed by atoms with Crippen molar-refractivity contribution in [1.82, 2.24) is 20.0 Å². The van der Waals surface area contributed by atoms with Gasteiger partial charge in [0.2, 0.25) is 11.7 Å². The predicted molar refractivity (Wildman–Crippen MR) is 82.5 cm³/mol. The first-order valence-electron chi connectivity index (χ1n) is 7.60. The van der Waals surface area contributed by atoms with E-state index in [0.29, 0.717) is 30.9 Å². The SMILES string of the molecule is O=C(c1ccc(F)cc1F)N1CC(c2nc(-c3cccnc3)no2)C1. The van der Waals surface area contributed by atoms with Gasteiger partial charge in [-0.05, 0) is 24.3 Å². The molecule has 126 valence electrons. The maximum Gasteiger partial charge on any atom is 0.256 e. The second-order valence-electron chi connectivity index (χ2n) is 5.73. The van der Waals surface area contributed by atoms with E-state index >= 15 is 0 Å². The molecular formula is C17H12F2N4O2. The van der Waals surface area contributed by atoms with E-state index in [1.807, 2.05) is 6.07 Å². The summed E-state index contributed by atoms with van der Waals surface area (Å²) in [6.07, 6.45) is 3.27. The number of likely N-dealkylation sites (tertiary alicyclic amines) is 1. The Balaban J connectivity index is 1.44. The number of rotatable bonds is 3. The van der Waals surface area contributed by atoms with Crippen LogP contribution in [0.15, 0.2) is 47.2 Å². The monoisotopic (exact) mass is 342 g/mol. The third kappa shape index (κ3) is 2.86. The molecule has 6 nitrogen and oxygen atoms in total. The highest BCUT2D eigenvalue weighted by Gasteiger charge is 2.36. The maximum atomic E-state index is 13.7. The van der Waals surface area contributed by atoms with Gasteiger partial charge in [0.15, 0.2) is 0 Å². The normalized spacial score (nSPS) is 14.4. The van der Waals surface area contributed by atoms with Crippen LogP contribution in [-0.2, 0) is 0 Å². The Morgan fingerprint density at radius 3 is 2.80 bits per heavy atom. The summed E-state index contributed by atoms with van der Waals surface area (Å²) in [5, 5.41) is 3.91. The van der Waals surface area contributed by atoms with Crippen LogP contribution in [0.3, 0.4) is 0 Å². The van der Waals surface area contributed by atoms with Crippen LogP contribution in [0.2, 0.25) is 0 Å². The van der Waals surface area contributed by atoms with Crippen LogP contribution in [0.25, 0.3) is 11.4 Å². The highest BCUT2D eigenvalue weighted by atomic mass is 19.1. The molecule has 4 rings (SSSR count). The molecule has 3 heterocycles. The molecule has 25 heavy (non-hydrogen) atoms. The first kappa shape index (κ1) is 15.4. The van der Waals surface area contributed by atoms with E-state index in [4.69, 9.17) is 4.52 Å². The standard InChI is InChI=1S/C17H12F2N4O2/c18-12-3-4-13(14(19)6-12)17(24)23-8-11(9-23)16-21-15(22-25-16)10-2-1-5-20-7-10/h1-7,11H,8-9H2. The van der Waals surface area contributed by atoms with Crippen molar-refractivity contribution < 1.29 is 18.1 Å². The number of aromatic nitrogens is 3. The molecule has 1 saturated heterocycles. The van der Waals surface area contributed by atoms with E-state index in [-0.39, 0.29) is 11.5 Å². The maximum absolute atomic E-state index is 13.7. The lowest BCUT2D eigenvalue weighted by Crippen LogP contribution is -2.48. The molecule has 0 radical (unpaired) electrons. The fourth-order valence-corrected chi connectivity index (χ4v) is 2.65. The van der Waals surface area contributed by atoms with Crippen LogP contribution >= 0.6 is 0 Å². The molecule has 0 aliphatic carbocycles. The third-order valence-corrected chi connectivity index (χ3v) is 4.04. The Bertz CT molecular complexity index is 923. The molecule has 0 unspecified atom stereocenters. The average Bonchev–Trinajstić information content (AvgIpc) is 3.04. The van der Waals surface area contributed by atoms with Gasteiger partial charge in [0.25, 0.3) is 5.91 Å². The molecule has 2 aromatic heterocycles. The van der Waals surface area contributed by atoms with Crippen molar-refractivity contribution in [2.24, 2.45) is 0 Å². The summed E-state index contributed by atoms with van der Waals surface area (Å²) in [5.41, 5.74) is 0.583. The molecule has 1 aliphatic heterocycles. The number of nitrogens with zero attached hydrogens (tertiary/aromatic N) is 4. The minimum atomic E-state index is -0.870. The molecule has 3 aromatic rings. The third-order valence-electron chi connectivity index (χ3n) is 4.04. The zero-order valence-electron chi connectivity index (χ0n) is 12.9. The summed E-state index contributed by atoms with van der Waals surface area (Å²) in [7, 11) is 0. The molecular weight excluding hydrogens is 330 g/mol. The van der Waals surface area contributed by atoms with Crippen molar-refractivity contribution in [2.75, 3.05) is 13.1 Å². The zero-order chi connectivity index (χ0) is 17.4. The Hall–Kier alpha value is -3.16. The van der Waals surface area contributed by atoms with Crippen LogP contribution in [-0.4, -0.2) is 39.0 Å². The second kappa shape index (κ2) is 6.04. The van der Waals surface area contributed by atoms with Gasteiger partial charge in [-0.1, -0.05) is 5.16 Å². The summed E-state index contributed by atoms with van der Waals surface area (Å²) < 4.78 is 31.9. The van der Waals surface area contributed by atoms with Gasteiger partial charge >= 0.3 is 0 Å². The van der Waals surface area contributed by atoms with Crippen molar-refractivity contribution in [1.29, 1.82) is 0 Å². The van der Waals surface area contributed by atoms with Gasteiger partial charge in [-0.15, -0.1) is 0 Å². The lowest BCUT2D eigenvalue weighted by Gasteiger charge is -2.37.